The molecule has 1 heterocycles. The summed E-state index contributed by atoms with van der Waals surface area (Å²) in [5.74, 6) is 0.893. The average molecular weight is 339 g/mol. The van der Waals surface area contributed by atoms with Crippen molar-refractivity contribution in [3.63, 3.8) is 0 Å². The lowest BCUT2D eigenvalue weighted by atomic mass is 9.95. The SMILES string of the molecule is Cc1ccc(Br)cc1C(=O)N1CCC(CN(C)C)CC1. The van der Waals surface area contributed by atoms with Gasteiger partial charge in [-0.3, -0.25) is 4.79 Å². The molecule has 1 saturated heterocycles. The fourth-order valence-corrected chi connectivity index (χ4v) is 3.19. The Hall–Kier alpha value is -0.870. The van der Waals surface area contributed by atoms with Gasteiger partial charge in [0.2, 0.25) is 0 Å². The zero-order chi connectivity index (χ0) is 14.7. The van der Waals surface area contributed by atoms with Crippen molar-refractivity contribution in [2.75, 3.05) is 33.7 Å². The predicted octanol–water partition coefficient (Wildman–Crippen LogP) is 3.17. The van der Waals surface area contributed by atoms with E-state index in [1.165, 1.54) is 0 Å². The molecule has 0 bridgehead atoms. The second-order valence-corrected chi connectivity index (χ2v) is 6.87. The van der Waals surface area contributed by atoms with Crippen LogP contribution in [-0.2, 0) is 0 Å². The van der Waals surface area contributed by atoms with Crippen LogP contribution in [0.5, 0.6) is 0 Å². The molecule has 3 nitrogen and oxygen atoms in total. The number of likely N-dealkylation sites (tertiary alicyclic amines) is 1. The number of aryl methyl sites for hydroxylation is 1. The molecular formula is C16H23BrN2O. The Bertz CT molecular complexity index is 479. The molecule has 4 heteroatoms. The maximum atomic E-state index is 12.6. The molecule has 20 heavy (non-hydrogen) atoms. The molecule has 0 unspecified atom stereocenters. The van der Waals surface area contributed by atoms with Crippen LogP contribution in [0.4, 0.5) is 0 Å². The molecule has 1 aliphatic heterocycles. The van der Waals surface area contributed by atoms with E-state index < -0.39 is 0 Å². The molecule has 0 radical (unpaired) electrons. The third-order valence-corrected chi connectivity index (χ3v) is 4.45. The quantitative estimate of drug-likeness (QED) is 0.845. The summed E-state index contributed by atoms with van der Waals surface area (Å²) in [4.78, 5) is 16.8. The van der Waals surface area contributed by atoms with Crippen molar-refractivity contribution >= 4 is 21.8 Å². The van der Waals surface area contributed by atoms with Gasteiger partial charge in [0, 0.05) is 29.7 Å². The second-order valence-electron chi connectivity index (χ2n) is 5.96. The highest BCUT2D eigenvalue weighted by Gasteiger charge is 2.24. The van der Waals surface area contributed by atoms with E-state index in [4.69, 9.17) is 0 Å². The smallest absolute Gasteiger partial charge is 0.254 e. The number of piperidine rings is 1. The minimum absolute atomic E-state index is 0.173. The van der Waals surface area contributed by atoms with Crippen molar-refractivity contribution in [3.8, 4) is 0 Å². The van der Waals surface area contributed by atoms with E-state index >= 15 is 0 Å². The first-order chi connectivity index (χ1) is 9.47. The number of halogens is 1. The second kappa shape index (κ2) is 6.72. The first-order valence-electron chi connectivity index (χ1n) is 7.17. The molecule has 1 aliphatic rings. The van der Waals surface area contributed by atoms with E-state index in [2.05, 4.69) is 34.9 Å². The molecule has 0 aliphatic carbocycles. The Labute approximate surface area is 130 Å². The van der Waals surface area contributed by atoms with Crippen molar-refractivity contribution in [1.82, 2.24) is 9.80 Å². The van der Waals surface area contributed by atoms with Crippen LogP contribution in [-0.4, -0.2) is 49.4 Å². The number of carbonyl (C=O) groups is 1. The molecule has 110 valence electrons. The third kappa shape index (κ3) is 3.83. The Kier molecular flexibility index (Phi) is 5.22. The van der Waals surface area contributed by atoms with Crippen molar-refractivity contribution in [1.29, 1.82) is 0 Å². The fraction of sp³-hybridized carbons (Fsp3) is 0.562. The van der Waals surface area contributed by atoms with Gasteiger partial charge in [-0.05, 0) is 57.5 Å². The number of rotatable bonds is 3. The lowest BCUT2D eigenvalue weighted by molar-refractivity contribution is 0.0677. The molecule has 0 saturated carbocycles. The van der Waals surface area contributed by atoms with Crippen LogP contribution in [0.3, 0.4) is 0 Å². The lowest BCUT2D eigenvalue weighted by Gasteiger charge is -2.33. The van der Waals surface area contributed by atoms with Crippen LogP contribution >= 0.6 is 15.9 Å². The van der Waals surface area contributed by atoms with Gasteiger partial charge in [-0.1, -0.05) is 22.0 Å². The van der Waals surface area contributed by atoms with Gasteiger partial charge < -0.3 is 9.80 Å². The zero-order valence-corrected chi connectivity index (χ0v) is 14.1. The molecule has 0 aromatic heterocycles. The lowest BCUT2D eigenvalue weighted by Crippen LogP contribution is -2.40. The molecule has 0 atom stereocenters. The summed E-state index contributed by atoms with van der Waals surface area (Å²) in [5, 5.41) is 0. The number of benzene rings is 1. The van der Waals surface area contributed by atoms with Gasteiger partial charge >= 0.3 is 0 Å². The molecule has 0 spiro atoms. The molecule has 1 fully saturated rings. The Morgan fingerprint density at radius 1 is 1.35 bits per heavy atom. The van der Waals surface area contributed by atoms with Gasteiger partial charge in [0.25, 0.3) is 5.91 Å². The Morgan fingerprint density at radius 2 is 2.00 bits per heavy atom. The van der Waals surface area contributed by atoms with Crippen LogP contribution in [0, 0.1) is 12.8 Å². The largest absolute Gasteiger partial charge is 0.339 e. The van der Waals surface area contributed by atoms with Gasteiger partial charge in [-0.15, -0.1) is 0 Å². The first-order valence-corrected chi connectivity index (χ1v) is 7.97. The minimum atomic E-state index is 0.173. The topological polar surface area (TPSA) is 23.6 Å². The van der Waals surface area contributed by atoms with E-state index in [0.29, 0.717) is 0 Å². The van der Waals surface area contributed by atoms with Crippen molar-refractivity contribution in [3.05, 3.63) is 33.8 Å². The monoisotopic (exact) mass is 338 g/mol. The fourth-order valence-electron chi connectivity index (χ4n) is 2.83. The Balaban J connectivity index is 2.00. The van der Waals surface area contributed by atoms with Gasteiger partial charge in [-0.25, -0.2) is 0 Å². The van der Waals surface area contributed by atoms with Crippen LogP contribution in [0.15, 0.2) is 22.7 Å². The highest BCUT2D eigenvalue weighted by molar-refractivity contribution is 9.10. The predicted molar refractivity (Wildman–Crippen MR) is 86.1 cm³/mol. The minimum Gasteiger partial charge on any atom is -0.339 e. The summed E-state index contributed by atoms with van der Waals surface area (Å²) in [6.45, 7) is 4.88. The van der Waals surface area contributed by atoms with Gasteiger partial charge in [0.05, 0.1) is 0 Å². The number of amides is 1. The number of carbonyl (C=O) groups excluding carboxylic acids is 1. The number of hydrogen-bond acceptors (Lipinski definition) is 2. The highest BCUT2D eigenvalue weighted by Crippen LogP contribution is 2.22. The molecule has 2 rings (SSSR count). The van der Waals surface area contributed by atoms with Crippen molar-refractivity contribution in [2.45, 2.75) is 19.8 Å². The summed E-state index contributed by atoms with van der Waals surface area (Å²) in [7, 11) is 4.23. The van der Waals surface area contributed by atoms with Crippen LogP contribution in [0.25, 0.3) is 0 Å². The number of nitrogens with zero attached hydrogens (tertiary/aromatic N) is 2. The summed E-state index contributed by atoms with van der Waals surface area (Å²) in [5.41, 5.74) is 1.87. The molecule has 1 amide bonds. The maximum Gasteiger partial charge on any atom is 0.254 e. The van der Waals surface area contributed by atoms with E-state index in [0.717, 1.165) is 54.0 Å². The molecular weight excluding hydrogens is 316 g/mol. The van der Waals surface area contributed by atoms with Gasteiger partial charge in [0.15, 0.2) is 0 Å². The van der Waals surface area contributed by atoms with Crippen molar-refractivity contribution < 1.29 is 4.79 Å². The van der Waals surface area contributed by atoms with Gasteiger partial charge in [-0.2, -0.15) is 0 Å². The molecule has 0 N–H and O–H groups in total. The standard InChI is InChI=1S/C16H23BrN2O/c1-12-4-5-14(17)10-15(12)16(20)19-8-6-13(7-9-19)11-18(2)3/h4-5,10,13H,6-9,11H2,1-3H3. The molecule has 1 aromatic carbocycles. The average Bonchev–Trinajstić information content (AvgIpc) is 2.41. The van der Waals surface area contributed by atoms with Crippen LogP contribution < -0.4 is 0 Å². The third-order valence-electron chi connectivity index (χ3n) is 3.96. The maximum absolute atomic E-state index is 12.6. The summed E-state index contributed by atoms with van der Waals surface area (Å²) in [6, 6.07) is 5.91. The van der Waals surface area contributed by atoms with Crippen LogP contribution in [0.1, 0.15) is 28.8 Å². The normalized spacial score (nSPS) is 16.8. The first kappa shape index (κ1) is 15.5. The van der Waals surface area contributed by atoms with E-state index in [1.54, 1.807) is 0 Å². The van der Waals surface area contributed by atoms with Crippen molar-refractivity contribution in [2.24, 2.45) is 5.92 Å². The summed E-state index contributed by atoms with van der Waals surface area (Å²) < 4.78 is 0.967. The van der Waals surface area contributed by atoms with E-state index in [9.17, 15) is 4.79 Å². The highest BCUT2D eigenvalue weighted by atomic mass is 79.9. The Morgan fingerprint density at radius 3 is 2.60 bits per heavy atom. The van der Waals surface area contributed by atoms with E-state index in [1.807, 2.05) is 30.0 Å². The summed E-state index contributed by atoms with van der Waals surface area (Å²) >= 11 is 3.45. The van der Waals surface area contributed by atoms with Gasteiger partial charge in [0.1, 0.15) is 0 Å². The number of hydrogen-bond donors (Lipinski definition) is 0. The zero-order valence-electron chi connectivity index (χ0n) is 12.5. The summed E-state index contributed by atoms with van der Waals surface area (Å²) in [6.07, 6.45) is 2.22. The molecule has 1 aromatic rings. The van der Waals surface area contributed by atoms with Crippen LogP contribution in [0.2, 0.25) is 0 Å². The van der Waals surface area contributed by atoms with E-state index in [-0.39, 0.29) is 5.91 Å².